The number of hydrogen-bond donors (Lipinski definition) is 2. The number of nitrogen functional groups attached to an aromatic ring is 1. The van der Waals surface area contributed by atoms with Crippen LogP contribution in [0.5, 0.6) is 0 Å². The fourth-order valence-electron chi connectivity index (χ4n) is 4.06. The van der Waals surface area contributed by atoms with Gasteiger partial charge in [-0.05, 0) is 37.0 Å². The largest absolute Gasteiger partial charge is 0.382 e. The van der Waals surface area contributed by atoms with E-state index in [0.29, 0.717) is 18.8 Å². The van der Waals surface area contributed by atoms with E-state index in [2.05, 4.69) is 27.3 Å². The van der Waals surface area contributed by atoms with Crippen LogP contribution in [-0.4, -0.2) is 29.5 Å². The highest BCUT2D eigenvalue weighted by molar-refractivity contribution is 7.92. The minimum atomic E-state index is -3.48. The molecular formula is C26H31N5O2S. The van der Waals surface area contributed by atoms with Crippen LogP contribution >= 0.6 is 0 Å². The van der Waals surface area contributed by atoms with E-state index in [1.165, 1.54) is 5.41 Å². The third kappa shape index (κ3) is 5.63. The molecule has 0 spiro atoms. The molecule has 4 rings (SSSR count). The molecule has 0 aliphatic carbocycles. The molecule has 0 saturated heterocycles. The summed E-state index contributed by atoms with van der Waals surface area (Å²) in [7, 11) is -3.48. The summed E-state index contributed by atoms with van der Waals surface area (Å²) >= 11 is 0. The van der Waals surface area contributed by atoms with Gasteiger partial charge in [-0.3, -0.25) is 0 Å². The predicted octanol–water partition coefficient (Wildman–Crippen LogP) is 4.88. The summed E-state index contributed by atoms with van der Waals surface area (Å²) in [5.41, 5.74) is 9.72. The molecule has 0 bridgehead atoms. The van der Waals surface area contributed by atoms with E-state index < -0.39 is 10.0 Å². The summed E-state index contributed by atoms with van der Waals surface area (Å²) in [4.78, 5) is 9.38. The summed E-state index contributed by atoms with van der Waals surface area (Å²) in [6.07, 6.45) is 6.12. The summed E-state index contributed by atoms with van der Waals surface area (Å²) in [6, 6.07) is 17.4. The molecule has 2 aromatic carbocycles. The number of sulfonamides is 1. The highest BCUT2D eigenvalue weighted by Gasteiger charge is 2.17. The van der Waals surface area contributed by atoms with Crippen LogP contribution in [0.2, 0.25) is 0 Å². The number of nitrogens with one attached hydrogen (secondary N) is 1. The molecule has 8 heteroatoms. The number of pyridine rings is 1. The lowest BCUT2D eigenvalue weighted by molar-refractivity contribution is 0.567. The van der Waals surface area contributed by atoms with Crippen molar-refractivity contribution < 1.29 is 8.42 Å². The van der Waals surface area contributed by atoms with Crippen LogP contribution in [0.25, 0.3) is 28.0 Å². The van der Waals surface area contributed by atoms with E-state index in [1.54, 1.807) is 6.08 Å². The van der Waals surface area contributed by atoms with Gasteiger partial charge in [0.25, 0.3) is 0 Å². The number of nitrogens with zero attached hydrogens (tertiary/aromatic N) is 3. The zero-order valence-electron chi connectivity index (χ0n) is 19.4. The maximum absolute atomic E-state index is 12.3. The van der Waals surface area contributed by atoms with E-state index in [0.717, 1.165) is 65.6 Å². The van der Waals surface area contributed by atoms with E-state index in [-0.39, 0.29) is 0 Å². The van der Waals surface area contributed by atoms with Crippen LogP contribution in [0, 0.1) is 0 Å². The van der Waals surface area contributed by atoms with Gasteiger partial charge >= 0.3 is 0 Å². The Labute approximate surface area is 200 Å². The second-order valence-corrected chi connectivity index (χ2v) is 10.0. The van der Waals surface area contributed by atoms with Gasteiger partial charge in [0.05, 0.1) is 11.0 Å². The monoisotopic (exact) mass is 477 g/mol. The van der Waals surface area contributed by atoms with Crippen LogP contribution in [0.3, 0.4) is 0 Å². The quantitative estimate of drug-likeness (QED) is 0.300. The maximum Gasteiger partial charge on any atom is 0.233 e. The van der Waals surface area contributed by atoms with Gasteiger partial charge < -0.3 is 10.3 Å². The van der Waals surface area contributed by atoms with Crippen molar-refractivity contribution in [3.63, 3.8) is 0 Å². The Morgan fingerprint density at radius 3 is 2.56 bits per heavy atom. The fraction of sp³-hybridized carbons (Fsp3) is 0.308. The van der Waals surface area contributed by atoms with Crippen molar-refractivity contribution in [3.8, 4) is 0 Å². The van der Waals surface area contributed by atoms with Crippen LogP contribution < -0.4 is 10.5 Å². The molecule has 0 radical (unpaired) electrons. The average molecular weight is 478 g/mol. The molecule has 178 valence electrons. The van der Waals surface area contributed by atoms with E-state index in [9.17, 15) is 8.42 Å². The van der Waals surface area contributed by atoms with Crippen molar-refractivity contribution in [3.05, 3.63) is 71.4 Å². The fourth-order valence-corrected chi connectivity index (χ4v) is 4.92. The van der Waals surface area contributed by atoms with Crippen molar-refractivity contribution in [2.75, 3.05) is 12.3 Å². The average Bonchev–Trinajstić information content (AvgIpc) is 3.21. The normalized spacial score (nSPS) is 12.3. The van der Waals surface area contributed by atoms with Crippen molar-refractivity contribution in [1.29, 1.82) is 0 Å². The first-order valence-electron chi connectivity index (χ1n) is 11.7. The molecule has 0 aliphatic heterocycles. The van der Waals surface area contributed by atoms with Gasteiger partial charge in [-0.1, -0.05) is 61.9 Å². The van der Waals surface area contributed by atoms with Crippen molar-refractivity contribution in [1.82, 2.24) is 19.3 Å². The Balaban J connectivity index is 1.46. The minimum Gasteiger partial charge on any atom is -0.382 e. The molecule has 0 unspecified atom stereocenters. The Morgan fingerprint density at radius 2 is 1.76 bits per heavy atom. The molecule has 0 fully saturated rings. The van der Waals surface area contributed by atoms with Crippen LogP contribution in [0.1, 0.15) is 44.0 Å². The highest BCUT2D eigenvalue weighted by Crippen LogP contribution is 2.29. The number of hydrogen-bond acceptors (Lipinski definition) is 5. The molecule has 0 atom stereocenters. The molecule has 0 amide bonds. The van der Waals surface area contributed by atoms with Gasteiger partial charge in [0.1, 0.15) is 11.3 Å². The number of imidazole rings is 1. The number of fused-ring (bicyclic) bond motifs is 3. The zero-order chi connectivity index (χ0) is 24.0. The SMILES string of the molecule is CCCCc1nc2c(N)nc3ccccc3c2n1CCCCNS(=O)(=O)/C=C/c1ccccc1. The van der Waals surface area contributed by atoms with Crippen LogP contribution in [0.4, 0.5) is 5.82 Å². The van der Waals surface area contributed by atoms with Gasteiger partial charge in [0.15, 0.2) is 5.82 Å². The summed E-state index contributed by atoms with van der Waals surface area (Å²) in [5, 5.41) is 2.25. The summed E-state index contributed by atoms with van der Waals surface area (Å²) in [5.74, 6) is 1.45. The molecule has 0 saturated carbocycles. The Kier molecular flexibility index (Phi) is 7.59. The number of aromatic nitrogens is 3. The van der Waals surface area contributed by atoms with Crippen molar-refractivity contribution >= 4 is 43.9 Å². The third-order valence-electron chi connectivity index (χ3n) is 5.79. The Bertz CT molecular complexity index is 1400. The van der Waals surface area contributed by atoms with Crippen molar-refractivity contribution in [2.24, 2.45) is 0 Å². The number of benzene rings is 2. The maximum atomic E-state index is 12.3. The number of para-hydroxylation sites is 1. The molecule has 7 nitrogen and oxygen atoms in total. The summed E-state index contributed by atoms with van der Waals surface area (Å²) < 4.78 is 29.5. The number of unbranched alkanes of at least 4 members (excludes halogenated alkanes) is 2. The Morgan fingerprint density at radius 1 is 1.00 bits per heavy atom. The number of nitrogens with two attached hydrogens (primary N) is 1. The van der Waals surface area contributed by atoms with Crippen LogP contribution in [0.15, 0.2) is 60.0 Å². The van der Waals surface area contributed by atoms with E-state index in [4.69, 9.17) is 10.7 Å². The lowest BCUT2D eigenvalue weighted by Gasteiger charge is -2.11. The second kappa shape index (κ2) is 10.8. The van der Waals surface area contributed by atoms with Gasteiger partial charge in [-0.25, -0.2) is 23.1 Å². The minimum absolute atomic E-state index is 0.378. The second-order valence-electron chi connectivity index (χ2n) is 8.35. The first-order valence-corrected chi connectivity index (χ1v) is 13.3. The van der Waals surface area contributed by atoms with Gasteiger partial charge in [0.2, 0.25) is 10.0 Å². The lowest BCUT2D eigenvalue weighted by atomic mass is 10.2. The number of rotatable bonds is 11. The molecule has 0 aliphatic rings. The van der Waals surface area contributed by atoms with E-state index in [1.807, 2.05) is 48.5 Å². The van der Waals surface area contributed by atoms with E-state index >= 15 is 0 Å². The molecule has 34 heavy (non-hydrogen) atoms. The molecule has 2 aromatic heterocycles. The third-order valence-corrected chi connectivity index (χ3v) is 6.90. The summed E-state index contributed by atoms with van der Waals surface area (Å²) in [6.45, 7) is 3.28. The number of aryl methyl sites for hydroxylation is 2. The predicted molar refractivity (Wildman–Crippen MR) is 140 cm³/mol. The first kappa shape index (κ1) is 23.9. The number of anilines is 1. The smallest absolute Gasteiger partial charge is 0.233 e. The molecule has 4 aromatic rings. The topological polar surface area (TPSA) is 103 Å². The zero-order valence-corrected chi connectivity index (χ0v) is 20.3. The Hall–Kier alpha value is -3.23. The standard InChI is InChI=1S/C26H31N5O2S/c1-2-3-15-23-30-24-25(21-13-7-8-14-22(21)29-26(24)27)31(23)18-10-9-17-28-34(32,33)19-16-20-11-5-4-6-12-20/h4-8,11-14,16,19,28H,2-3,9-10,15,17-18H2,1H3,(H2,27,29)/b19-16+. The van der Waals surface area contributed by atoms with Gasteiger partial charge in [-0.2, -0.15) is 0 Å². The lowest BCUT2D eigenvalue weighted by Crippen LogP contribution is -2.22. The highest BCUT2D eigenvalue weighted by atomic mass is 32.2. The molecule has 2 heterocycles. The van der Waals surface area contributed by atoms with Gasteiger partial charge in [-0.15, -0.1) is 0 Å². The molecule has 3 N–H and O–H groups in total. The van der Waals surface area contributed by atoms with Crippen LogP contribution in [-0.2, 0) is 23.0 Å². The van der Waals surface area contributed by atoms with Crippen molar-refractivity contribution in [2.45, 2.75) is 45.6 Å². The van der Waals surface area contributed by atoms with Gasteiger partial charge in [0, 0.05) is 30.3 Å². The first-order chi connectivity index (χ1) is 16.5. The molecular weight excluding hydrogens is 446 g/mol.